The molecular formula is C22H37N3O4. The molecule has 0 saturated heterocycles. The highest BCUT2D eigenvalue weighted by molar-refractivity contribution is 5.79. The quantitative estimate of drug-likeness (QED) is 0.269. The van der Waals surface area contributed by atoms with Crippen LogP contribution in [0.15, 0.2) is 17.1 Å². The van der Waals surface area contributed by atoms with Crippen LogP contribution in [-0.2, 0) is 11.2 Å². The summed E-state index contributed by atoms with van der Waals surface area (Å²) in [5.74, 6) is 2.75. The first-order chi connectivity index (χ1) is 14.2. The van der Waals surface area contributed by atoms with Crippen LogP contribution >= 0.6 is 0 Å². The first-order valence-electron chi connectivity index (χ1n) is 10.6. The molecule has 0 atom stereocenters. The largest absolute Gasteiger partial charge is 0.493 e. The second-order valence-corrected chi connectivity index (χ2v) is 7.15. The number of rotatable bonds is 10. The molecule has 7 nitrogen and oxygen atoms in total. The third-order valence-corrected chi connectivity index (χ3v) is 5.25. The Kier molecular flexibility index (Phi) is 10.5. The zero-order valence-electron chi connectivity index (χ0n) is 18.4. The smallest absolute Gasteiger partial charge is 0.203 e. The summed E-state index contributed by atoms with van der Waals surface area (Å²) in [5, 5.41) is 6.66. The first kappa shape index (κ1) is 23.1. The van der Waals surface area contributed by atoms with Crippen LogP contribution in [0.1, 0.15) is 44.1 Å². The van der Waals surface area contributed by atoms with E-state index >= 15 is 0 Å². The summed E-state index contributed by atoms with van der Waals surface area (Å²) >= 11 is 0. The van der Waals surface area contributed by atoms with Gasteiger partial charge in [-0.2, -0.15) is 0 Å². The molecular weight excluding hydrogens is 370 g/mol. The van der Waals surface area contributed by atoms with Gasteiger partial charge in [-0.15, -0.1) is 0 Å². The number of guanidine groups is 1. The fraction of sp³-hybridized carbons (Fsp3) is 0.682. The van der Waals surface area contributed by atoms with Crippen molar-refractivity contribution >= 4 is 5.96 Å². The number of nitrogens with zero attached hydrogens (tertiary/aromatic N) is 1. The maximum Gasteiger partial charge on any atom is 0.203 e. The van der Waals surface area contributed by atoms with Crippen LogP contribution < -0.4 is 24.8 Å². The SMILES string of the molecule is CN=C(NCCOC1CCCCCC1)NCCc1ccc(OC)c(OC)c1OC. The number of aliphatic imine (C=N–C) groups is 1. The van der Waals surface area contributed by atoms with Gasteiger partial charge in [-0.1, -0.05) is 31.7 Å². The van der Waals surface area contributed by atoms with Gasteiger partial charge in [0.15, 0.2) is 17.5 Å². The average Bonchev–Trinajstić information content (AvgIpc) is 3.03. The van der Waals surface area contributed by atoms with Gasteiger partial charge in [0.25, 0.3) is 0 Å². The molecule has 2 rings (SSSR count). The van der Waals surface area contributed by atoms with Gasteiger partial charge in [0.1, 0.15) is 0 Å². The van der Waals surface area contributed by atoms with Crippen LogP contribution in [0.4, 0.5) is 0 Å². The zero-order chi connectivity index (χ0) is 20.9. The molecule has 1 aliphatic rings. The van der Waals surface area contributed by atoms with Crippen molar-refractivity contribution in [2.24, 2.45) is 4.99 Å². The van der Waals surface area contributed by atoms with E-state index in [1.165, 1.54) is 38.5 Å². The summed E-state index contributed by atoms with van der Waals surface area (Å²) in [6, 6.07) is 3.90. The molecule has 2 N–H and O–H groups in total. The van der Waals surface area contributed by atoms with Crippen molar-refractivity contribution in [3.8, 4) is 17.2 Å². The van der Waals surface area contributed by atoms with E-state index in [2.05, 4.69) is 15.6 Å². The Morgan fingerprint density at radius 3 is 2.24 bits per heavy atom. The molecule has 0 aromatic heterocycles. The highest BCUT2D eigenvalue weighted by atomic mass is 16.5. The van der Waals surface area contributed by atoms with Gasteiger partial charge < -0.3 is 29.6 Å². The van der Waals surface area contributed by atoms with E-state index in [4.69, 9.17) is 18.9 Å². The minimum absolute atomic E-state index is 0.423. The van der Waals surface area contributed by atoms with Gasteiger partial charge in [0.2, 0.25) is 5.75 Å². The molecule has 1 aromatic rings. The Morgan fingerprint density at radius 1 is 0.931 bits per heavy atom. The molecule has 0 bridgehead atoms. The molecule has 29 heavy (non-hydrogen) atoms. The van der Waals surface area contributed by atoms with Crippen molar-refractivity contribution in [1.29, 1.82) is 0 Å². The van der Waals surface area contributed by atoms with Crippen molar-refractivity contribution in [3.63, 3.8) is 0 Å². The molecule has 164 valence electrons. The molecule has 0 radical (unpaired) electrons. The van der Waals surface area contributed by atoms with Gasteiger partial charge in [0.05, 0.1) is 34.0 Å². The molecule has 0 amide bonds. The van der Waals surface area contributed by atoms with Gasteiger partial charge in [0, 0.05) is 25.7 Å². The van der Waals surface area contributed by atoms with Crippen molar-refractivity contribution in [3.05, 3.63) is 17.7 Å². The summed E-state index contributed by atoms with van der Waals surface area (Å²) in [6.07, 6.45) is 8.86. The van der Waals surface area contributed by atoms with E-state index in [9.17, 15) is 0 Å². The lowest BCUT2D eigenvalue weighted by Crippen LogP contribution is -2.40. The predicted octanol–water partition coefficient (Wildman–Crippen LogP) is 3.16. The lowest BCUT2D eigenvalue weighted by molar-refractivity contribution is 0.0468. The molecule has 1 fully saturated rings. The van der Waals surface area contributed by atoms with E-state index < -0.39 is 0 Å². The second kappa shape index (κ2) is 13.1. The van der Waals surface area contributed by atoms with E-state index in [1.54, 1.807) is 28.4 Å². The van der Waals surface area contributed by atoms with Crippen LogP contribution in [0.3, 0.4) is 0 Å². The molecule has 0 spiro atoms. The topological polar surface area (TPSA) is 73.3 Å². The number of hydrogen-bond acceptors (Lipinski definition) is 5. The number of methoxy groups -OCH3 is 3. The monoisotopic (exact) mass is 407 g/mol. The normalized spacial score (nSPS) is 15.5. The van der Waals surface area contributed by atoms with Crippen LogP contribution in [0.5, 0.6) is 17.2 Å². The van der Waals surface area contributed by atoms with E-state index in [0.717, 1.165) is 31.0 Å². The van der Waals surface area contributed by atoms with E-state index in [-0.39, 0.29) is 0 Å². The van der Waals surface area contributed by atoms with Crippen LogP contribution in [0.25, 0.3) is 0 Å². The van der Waals surface area contributed by atoms with E-state index in [1.807, 2.05) is 12.1 Å². The van der Waals surface area contributed by atoms with Crippen LogP contribution in [0, 0.1) is 0 Å². The Morgan fingerprint density at radius 2 is 1.62 bits per heavy atom. The summed E-state index contributed by atoms with van der Waals surface area (Å²) in [4.78, 5) is 4.29. The summed E-state index contributed by atoms with van der Waals surface area (Å²) in [5.41, 5.74) is 1.05. The minimum Gasteiger partial charge on any atom is -0.493 e. The fourth-order valence-electron chi connectivity index (χ4n) is 3.70. The fourth-order valence-corrected chi connectivity index (χ4v) is 3.70. The van der Waals surface area contributed by atoms with Gasteiger partial charge in [-0.25, -0.2) is 0 Å². The standard InChI is InChI=1S/C22H37N3O4/c1-23-22(25-15-16-29-18-9-7-5-6-8-10-18)24-14-13-17-11-12-19(26-2)21(28-4)20(17)27-3/h11-12,18H,5-10,13-16H2,1-4H3,(H2,23,24,25). The molecule has 0 heterocycles. The van der Waals surface area contributed by atoms with Crippen LogP contribution in [-0.4, -0.2) is 60.1 Å². The second-order valence-electron chi connectivity index (χ2n) is 7.15. The predicted molar refractivity (Wildman–Crippen MR) is 117 cm³/mol. The van der Waals surface area contributed by atoms with Crippen molar-refractivity contribution in [2.45, 2.75) is 51.0 Å². The van der Waals surface area contributed by atoms with Crippen molar-refractivity contribution in [1.82, 2.24) is 10.6 Å². The lowest BCUT2D eigenvalue weighted by atomic mass is 10.1. The molecule has 7 heteroatoms. The van der Waals surface area contributed by atoms with Gasteiger partial charge >= 0.3 is 0 Å². The molecule has 1 aromatic carbocycles. The van der Waals surface area contributed by atoms with Crippen molar-refractivity contribution < 1.29 is 18.9 Å². The Balaban J connectivity index is 1.75. The number of benzene rings is 1. The maximum atomic E-state index is 6.02. The summed E-state index contributed by atoms with van der Waals surface area (Å²) < 4.78 is 22.4. The Hall–Kier alpha value is -2.15. The minimum atomic E-state index is 0.423. The molecule has 1 saturated carbocycles. The van der Waals surface area contributed by atoms with Crippen molar-refractivity contribution in [2.75, 3.05) is 48.1 Å². The Bertz CT molecular complexity index is 629. The summed E-state index contributed by atoms with van der Waals surface area (Å²) in [6.45, 7) is 2.17. The maximum absolute atomic E-state index is 6.02. The van der Waals surface area contributed by atoms with Gasteiger partial charge in [-0.3, -0.25) is 4.99 Å². The zero-order valence-corrected chi connectivity index (χ0v) is 18.4. The molecule has 1 aliphatic carbocycles. The molecule has 0 aliphatic heterocycles. The third-order valence-electron chi connectivity index (χ3n) is 5.25. The first-order valence-corrected chi connectivity index (χ1v) is 10.6. The highest BCUT2D eigenvalue weighted by Crippen LogP contribution is 2.39. The number of hydrogen-bond donors (Lipinski definition) is 2. The average molecular weight is 408 g/mol. The number of nitrogens with one attached hydrogen (secondary N) is 2. The van der Waals surface area contributed by atoms with Crippen LogP contribution in [0.2, 0.25) is 0 Å². The lowest BCUT2D eigenvalue weighted by Gasteiger charge is -2.18. The highest BCUT2D eigenvalue weighted by Gasteiger charge is 2.15. The molecule has 0 unspecified atom stereocenters. The summed E-state index contributed by atoms with van der Waals surface area (Å²) in [7, 11) is 6.65. The van der Waals surface area contributed by atoms with E-state index in [0.29, 0.717) is 30.0 Å². The van der Waals surface area contributed by atoms with Gasteiger partial charge in [-0.05, 0) is 25.3 Å². The third kappa shape index (κ3) is 7.31. The Labute approximate surface area is 175 Å². The number of ether oxygens (including phenoxy) is 4.